The largest absolute Gasteiger partial charge is 0.458 e. The number of ether oxygens (including phenoxy) is 1. The molecule has 12 heteroatoms. The van der Waals surface area contributed by atoms with Gasteiger partial charge in [-0.3, -0.25) is 0 Å². The molecule has 5 aliphatic heterocycles. The Morgan fingerprint density at radius 1 is 0.306 bits per heavy atom. The van der Waals surface area contributed by atoms with Crippen LogP contribution >= 0.6 is 45.8 Å². The van der Waals surface area contributed by atoms with Crippen molar-refractivity contribution in [2.24, 2.45) is 0 Å². The lowest BCUT2D eigenvalue weighted by Crippen LogP contribution is -2.64. The van der Waals surface area contributed by atoms with Crippen LogP contribution in [0.1, 0.15) is 11.5 Å². The van der Waals surface area contributed by atoms with Crippen molar-refractivity contribution in [2.75, 3.05) is 24.5 Å². The molecule has 8 heterocycles. The van der Waals surface area contributed by atoms with E-state index in [0.717, 1.165) is 108 Å². The van der Waals surface area contributed by atoms with Crippen LogP contribution in [0.2, 0.25) is 0 Å². The van der Waals surface area contributed by atoms with Gasteiger partial charge in [-0.2, -0.15) is 0 Å². The summed E-state index contributed by atoms with van der Waals surface area (Å²) in [5.74, 6) is 1.93. The molecule has 0 saturated carbocycles. The zero-order chi connectivity index (χ0) is 70.4. The van der Waals surface area contributed by atoms with Crippen molar-refractivity contribution in [3.8, 4) is 11.5 Å². The topological polar surface area (TPSA) is 25.4 Å². The van der Waals surface area contributed by atoms with E-state index in [2.05, 4.69) is 370 Å². The number of thioether (sulfide) groups is 1. The fraction of sp³-hybridized carbons (Fsp3) is 0.0208. The number of allylic oxidation sites excluding steroid dienone is 3. The third kappa shape index (κ3) is 8.85. The van der Waals surface area contributed by atoms with Gasteiger partial charge in [0.25, 0.3) is 13.4 Å². The predicted octanol–water partition coefficient (Wildman–Crippen LogP) is 23.9. The van der Waals surface area contributed by atoms with Gasteiger partial charge in [-0.05, 0) is 166 Å². The summed E-state index contributed by atoms with van der Waals surface area (Å²) in [6.07, 6.45) is 9.23. The molecule has 0 fully saturated rings. The highest BCUT2D eigenvalue weighted by Gasteiger charge is 2.49. The second-order valence-corrected chi connectivity index (χ2v) is 33.3. The van der Waals surface area contributed by atoms with Crippen molar-refractivity contribution in [3.05, 3.63) is 351 Å². The summed E-state index contributed by atoms with van der Waals surface area (Å²) in [5, 5.41) is 7.71. The zero-order valence-electron chi connectivity index (χ0n) is 58.0. The molecule has 108 heavy (non-hydrogen) atoms. The average Bonchev–Trinajstić information content (AvgIpc) is 0.771. The highest BCUT2D eigenvalue weighted by molar-refractivity contribution is 8.00. The van der Waals surface area contributed by atoms with Crippen LogP contribution in [0.3, 0.4) is 0 Å². The van der Waals surface area contributed by atoms with E-state index in [9.17, 15) is 0 Å². The number of rotatable bonds is 9. The van der Waals surface area contributed by atoms with Crippen molar-refractivity contribution in [1.29, 1.82) is 0 Å². The smallest absolute Gasteiger partial charge is 0.256 e. The number of nitrogens with zero attached hydrogens (tertiary/aromatic N) is 5. The maximum absolute atomic E-state index is 8.16. The quantitative estimate of drug-likeness (QED) is 0.133. The average molecular weight is 1450 g/mol. The minimum atomic E-state index is -0.251. The second kappa shape index (κ2) is 23.6. The highest BCUT2D eigenvalue weighted by atomic mass is 32.2. The lowest BCUT2D eigenvalue weighted by molar-refractivity contribution is 0.488. The number of thiophene rings is 3. The molecule has 1 aliphatic carbocycles. The van der Waals surface area contributed by atoms with Gasteiger partial charge in [-0.15, -0.1) is 45.8 Å². The number of para-hydroxylation sites is 5. The Morgan fingerprint density at radius 3 is 1.42 bits per heavy atom. The SMILES string of the molecule is C1=CC2Sc3c(cccc3N(c3ccccc3)c3cc4c5c(c3)N(c3cccc6sc7ccccc7c36)c3cc6c(cc3B5c3ccccc3N4c3ccccc3)B3c4ccccc4N(c4cccc5sc7ccccc7c45)c4cc(N(c5ccccc5)c5cccc7sc8ccccc8c57)cc(c43)O6)C2C=C1. The highest BCUT2D eigenvalue weighted by Crippen LogP contribution is 2.58. The van der Waals surface area contributed by atoms with Crippen LogP contribution < -0.4 is 62.0 Å². The van der Waals surface area contributed by atoms with E-state index in [-0.39, 0.29) is 19.3 Å². The van der Waals surface area contributed by atoms with Crippen LogP contribution in [0, 0.1) is 0 Å². The van der Waals surface area contributed by atoms with Gasteiger partial charge in [0, 0.05) is 140 Å². The summed E-state index contributed by atoms with van der Waals surface area (Å²) in [4.78, 5) is 14.1. The Morgan fingerprint density at radius 2 is 0.769 bits per heavy atom. The number of hydrogen-bond donors (Lipinski definition) is 0. The Labute approximate surface area is 641 Å². The van der Waals surface area contributed by atoms with Gasteiger partial charge in [0.2, 0.25) is 0 Å². The van der Waals surface area contributed by atoms with Gasteiger partial charge < -0.3 is 29.2 Å². The van der Waals surface area contributed by atoms with Gasteiger partial charge in [0.1, 0.15) is 11.5 Å². The molecule has 18 aromatic rings. The van der Waals surface area contributed by atoms with E-state index in [1.54, 1.807) is 0 Å². The van der Waals surface area contributed by atoms with E-state index in [0.29, 0.717) is 5.25 Å². The van der Waals surface area contributed by atoms with Crippen LogP contribution in [-0.2, 0) is 0 Å². The van der Waals surface area contributed by atoms with E-state index in [4.69, 9.17) is 4.74 Å². The van der Waals surface area contributed by atoms with Gasteiger partial charge in [0.05, 0.1) is 34.1 Å². The van der Waals surface area contributed by atoms with Crippen LogP contribution in [0.15, 0.2) is 351 Å². The Hall–Kier alpha value is -12.3. The Bertz CT molecular complexity index is 6930. The molecule has 0 radical (unpaired) electrons. The number of fused-ring (bicyclic) bond motifs is 20. The maximum Gasteiger partial charge on any atom is 0.256 e. The predicted molar refractivity (Wildman–Crippen MR) is 465 cm³/mol. The van der Waals surface area contributed by atoms with Crippen molar-refractivity contribution in [2.45, 2.75) is 16.1 Å². The lowest BCUT2D eigenvalue weighted by atomic mass is 9.30. The summed E-state index contributed by atoms with van der Waals surface area (Å²) in [6.45, 7) is -0.476. The van der Waals surface area contributed by atoms with Crippen molar-refractivity contribution in [1.82, 2.24) is 0 Å². The lowest BCUT2D eigenvalue weighted by Gasteiger charge is -2.46. The fourth-order valence-electron chi connectivity index (χ4n) is 18.8. The minimum absolute atomic E-state index is 0.225. The van der Waals surface area contributed by atoms with Gasteiger partial charge in [-0.25, -0.2) is 0 Å². The van der Waals surface area contributed by atoms with Crippen LogP contribution in [0.4, 0.5) is 85.3 Å². The maximum atomic E-state index is 8.16. The molecule has 0 saturated heterocycles. The number of anilines is 15. The van der Waals surface area contributed by atoms with Gasteiger partial charge in [-0.1, -0.05) is 206 Å². The standard InChI is InChI=1S/C96H59B2N5OS4/c1-4-26-58(27-5-1)99(74-41-23-49-88-91(74)65-33-11-19-46-85(65)105-88)62-54-81-95-83(55-62)104-82-57-78-70(56-71(82)98(95)69-38-15-17-40-73(69)102(81)75-42-24-50-89-92(75)66-34-12-20-47-86(66)106-89)97-68-37-14-16-39-72(68)101(60-30-8-3-9-31-60)79-52-61(53-80(94(79)97)103(78)76-43-25-51-90-93(76)67-35-13-21-48-87(67)107-90)100(59-28-6-2-7-29-59)77-44-22-36-64-63-32-10-18-45-84(63)108-96(64)77/h1-57,63,84H. The van der Waals surface area contributed by atoms with E-state index in [1.807, 2.05) is 45.8 Å². The zero-order valence-corrected chi connectivity index (χ0v) is 61.3. The molecule has 24 rings (SSSR count). The molecule has 6 nitrogen and oxygen atoms in total. The fourth-order valence-corrected chi connectivity index (χ4v) is 23.6. The van der Waals surface area contributed by atoms with Crippen molar-refractivity contribution >= 4 is 238 Å². The van der Waals surface area contributed by atoms with E-state index in [1.165, 1.54) is 92.8 Å². The third-order valence-corrected chi connectivity index (χ3v) is 27.9. The van der Waals surface area contributed by atoms with Crippen LogP contribution in [-0.4, -0.2) is 18.7 Å². The molecule has 15 aromatic carbocycles. The molecule has 6 aliphatic rings. The monoisotopic (exact) mass is 1450 g/mol. The summed E-state index contributed by atoms with van der Waals surface area (Å²) >= 11 is 7.57. The molecule has 0 bridgehead atoms. The number of benzene rings is 15. The molecule has 0 N–H and O–H groups in total. The molecule has 0 amide bonds. The molecule has 2 unspecified atom stereocenters. The first kappa shape index (κ1) is 60.9. The molecule has 504 valence electrons. The Kier molecular flexibility index (Phi) is 13.3. The normalized spacial score (nSPS) is 15.3. The molecular formula is C96H59B2N5OS4. The molecule has 0 spiro atoms. The first-order valence-electron chi connectivity index (χ1n) is 37.0. The van der Waals surface area contributed by atoms with Gasteiger partial charge >= 0.3 is 0 Å². The van der Waals surface area contributed by atoms with Gasteiger partial charge in [0.15, 0.2) is 0 Å². The first-order chi connectivity index (χ1) is 53.6. The molecular weight excluding hydrogens is 1390 g/mol. The van der Waals surface area contributed by atoms with Crippen molar-refractivity contribution in [3.63, 3.8) is 0 Å². The number of hydrogen-bond acceptors (Lipinski definition) is 10. The first-order valence-corrected chi connectivity index (χ1v) is 40.3. The van der Waals surface area contributed by atoms with Crippen LogP contribution in [0.25, 0.3) is 60.5 Å². The second-order valence-electron chi connectivity index (χ2n) is 28.8. The van der Waals surface area contributed by atoms with E-state index < -0.39 is 0 Å². The summed E-state index contributed by atoms with van der Waals surface area (Å²) in [6, 6.07) is 121. The van der Waals surface area contributed by atoms with E-state index >= 15 is 0 Å². The third-order valence-electron chi connectivity index (χ3n) is 23.1. The summed E-state index contributed by atoms with van der Waals surface area (Å²) in [7, 11) is 0. The molecule has 2 atom stereocenters. The Balaban J connectivity index is 0.804. The van der Waals surface area contributed by atoms with Crippen LogP contribution in [0.5, 0.6) is 11.5 Å². The van der Waals surface area contributed by atoms with Crippen molar-refractivity contribution < 1.29 is 4.74 Å². The summed E-state index contributed by atoms with van der Waals surface area (Å²) < 4.78 is 15.7. The summed E-state index contributed by atoms with van der Waals surface area (Å²) in [5.41, 5.74) is 25.1. The minimum Gasteiger partial charge on any atom is -0.458 e. The molecule has 3 aromatic heterocycles.